The van der Waals surface area contributed by atoms with Crippen molar-refractivity contribution in [3.05, 3.63) is 29.6 Å². The number of thioether (sulfide) groups is 1. The molecule has 0 aliphatic carbocycles. The van der Waals surface area contributed by atoms with Crippen molar-refractivity contribution >= 4 is 17.4 Å². The molecule has 1 rings (SSSR count). The summed E-state index contributed by atoms with van der Waals surface area (Å²) in [6, 6.07) is 6.32. The fraction of sp³-hybridized carbons (Fsp3) is 0.300. The number of benzene rings is 1. The maximum absolute atomic E-state index is 13.1. The van der Waals surface area contributed by atoms with Crippen LogP contribution in [0.2, 0.25) is 0 Å². The fourth-order valence-electron chi connectivity index (χ4n) is 1.01. The molecule has 74 valence electrons. The van der Waals surface area contributed by atoms with Gasteiger partial charge in [-0.1, -0.05) is 0 Å². The molecule has 0 spiro atoms. The summed E-state index contributed by atoms with van der Waals surface area (Å²) in [6.07, 6.45) is 2.01. The van der Waals surface area contributed by atoms with E-state index in [1.807, 2.05) is 6.26 Å². The molecule has 0 unspecified atom stereocenters. The lowest BCUT2D eigenvalue weighted by Crippen LogP contribution is -2.04. The van der Waals surface area contributed by atoms with Crippen LogP contribution in [0, 0.1) is 17.1 Å². The Bertz CT molecular complexity index is 346. The van der Waals surface area contributed by atoms with E-state index in [-0.39, 0.29) is 5.56 Å². The standard InChI is InChI=1S/C10H11FN2S/c1-14-5-4-13-9-3-2-8(7-12)10(11)6-9/h2-3,6,13H,4-5H2,1H3. The molecular weight excluding hydrogens is 199 g/mol. The summed E-state index contributed by atoms with van der Waals surface area (Å²) < 4.78 is 13.1. The zero-order valence-corrected chi connectivity index (χ0v) is 8.70. The lowest BCUT2D eigenvalue weighted by molar-refractivity contribution is 0.624. The van der Waals surface area contributed by atoms with Crippen molar-refractivity contribution in [1.29, 1.82) is 5.26 Å². The second-order valence-electron chi connectivity index (χ2n) is 2.73. The molecular formula is C10H11FN2S. The molecule has 0 aliphatic rings. The smallest absolute Gasteiger partial charge is 0.143 e. The van der Waals surface area contributed by atoms with Crippen molar-refractivity contribution in [2.45, 2.75) is 0 Å². The first kappa shape index (κ1) is 10.9. The Morgan fingerprint density at radius 3 is 2.93 bits per heavy atom. The third kappa shape index (κ3) is 2.93. The predicted octanol–water partition coefficient (Wildman–Crippen LogP) is 2.47. The van der Waals surface area contributed by atoms with Crippen LogP contribution in [0.25, 0.3) is 0 Å². The number of halogens is 1. The monoisotopic (exact) mass is 210 g/mol. The molecule has 14 heavy (non-hydrogen) atoms. The molecule has 2 nitrogen and oxygen atoms in total. The maximum atomic E-state index is 13.1. The van der Waals surface area contributed by atoms with E-state index < -0.39 is 5.82 Å². The van der Waals surface area contributed by atoms with Crippen LogP contribution >= 0.6 is 11.8 Å². The Morgan fingerprint density at radius 2 is 2.36 bits per heavy atom. The van der Waals surface area contributed by atoms with Gasteiger partial charge in [-0.2, -0.15) is 17.0 Å². The summed E-state index contributed by atoms with van der Waals surface area (Å²) in [7, 11) is 0. The summed E-state index contributed by atoms with van der Waals surface area (Å²) in [5, 5.41) is 11.6. The molecule has 0 fully saturated rings. The van der Waals surface area contributed by atoms with Gasteiger partial charge in [-0.25, -0.2) is 4.39 Å². The van der Waals surface area contributed by atoms with Gasteiger partial charge in [-0.05, 0) is 24.5 Å². The number of anilines is 1. The summed E-state index contributed by atoms with van der Waals surface area (Å²) >= 11 is 1.72. The Balaban J connectivity index is 2.63. The van der Waals surface area contributed by atoms with Gasteiger partial charge in [0.05, 0.1) is 5.56 Å². The second-order valence-corrected chi connectivity index (χ2v) is 3.71. The Hall–Kier alpha value is -1.21. The van der Waals surface area contributed by atoms with Crippen LogP contribution in [-0.4, -0.2) is 18.6 Å². The SMILES string of the molecule is CSCCNc1ccc(C#N)c(F)c1. The molecule has 1 N–H and O–H groups in total. The van der Waals surface area contributed by atoms with Crippen molar-refractivity contribution in [1.82, 2.24) is 0 Å². The van der Waals surface area contributed by atoms with Crippen LogP contribution < -0.4 is 5.32 Å². The minimum atomic E-state index is -0.471. The molecule has 0 heterocycles. The van der Waals surface area contributed by atoms with Crippen molar-refractivity contribution in [2.24, 2.45) is 0 Å². The molecule has 0 aromatic heterocycles. The quantitative estimate of drug-likeness (QED) is 0.775. The van der Waals surface area contributed by atoms with Crippen LogP contribution in [0.15, 0.2) is 18.2 Å². The molecule has 0 saturated carbocycles. The number of hydrogen-bond acceptors (Lipinski definition) is 3. The predicted molar refractivity (Wildman–Crippen MR) is 58.0 cm³/mol. The number of nitriles is 1. The third-order valence-electron chi connectivity index (χ3n) is 1.72. The molecule has 0 saturated heterocycles. The summed E-state index contributed by atoms with van der Waals surface area (Å²) in [4.78, 5) is 0. The van der Waals surface area contributed by atoms with Crippen LogP contribution in [-0.2, 0) is 0 Å². The zero-order valence-electron chi connectivity index (χ0n) is 7.88. The van der Waals surface area contributed by atoms with Crippen LogP contribution in [0.3, 0.4) is 0 Å². The molecule has 0 aliphatic heterocycles. The normalized spacial score (nSPS) is 9.50. The van der Waals surface area contributed by atoms with E-state index in [9.17, 15) is 4.39 Å². The third-order valence-corrected chi connectivity index (χ3v) is 2.34. The van der Waals surface area contributed by atoms with E-state index in [0.29, 0.717) is 0 Å². The van der Waals surface area contributed by atoms with Gasteiger partial charge >= 0.3 is 0 Å². The number of nitrogens with zero attached hydrogens (tertiary/aromatic N) is 1. The van der Waals surface area contributed by atoms with Gasteiger partial charge in [-0.3, -0.25) is 0 Å². The van der Waals surface area contributed by atoms with E-state index in [2.05, 4.69) is 5.32 Å². The number of nitrogens with one attached hydrogen (secondary N) is 1. The van der Waals surface area contributed by atoms with Gasteiger partial charge in [0.25, 0.3) is 0 Å². The van der Waals surface area contributed by atoms with Gasteiger partial charge in [-0.15, -0.1) is 0 Å². The van der Waals surface area contributed by atoms with Crippen molar-refractivity contribution in [2.75, 3.05) is 23.9 Å². The first-order chi connectivity index (χ1) is 6.77. The van der Waals surface area contributed by atoms with Crippen molar-refractivity contribution in [3.63, 3.8) is 0 Å². The number of rotatable bonds is 4. The maximum Gasteiger partial charge on any atom is 0.143 e. The Kier molecular flexibility index (Phi) is 4.27. The van der Waals surface area contributed by atoms with E-state index in [4.69, 9.17) is 5.26 Å². The number of hydrogen-bond donors (Lipinski definition) is 1. The molecule has 0 radical (unpaired) electrons. The van der Waals surface area contributed by atoms with Gasteiger partial charge in [0, 0.05) is 18.0 Å². The molecule has 1 aromatic rings. The van der Waals surface area contributed by atoms with Gasteiger partial charge in [0.2, 0.25) is 0 Å². The second kappa shape index (κ2) is 5.51. The minimum Gasteiger partial charge on any atom is -0.384 e. The highest BCUT2D eigenvalue weighted by molar-refractivity contribution is 7.98. The van der Waals surface area contributed by atoms with Crippen LogP contribution in [0.1, 0.15) is 5.56 Å². The van der Waals surface area contributed by atoms with Crippen molar-refractivity contribution < 1.29 is 4.39 Å². The highest BCUT2D eigenvalue weighted by atomic mass is 32.2. The Labute approximate surface area is 87.1 Å². The average molecular weight is 210 g/mol. The van der Waals surface area contributed by atoms with E-state index in [1.165, 1.54) is 12.1 Å². The zero-order chi connectivity index (χ0) is 10.4. The fourth-order valence-corrected chi connectivity index (χ4v) is 1.32. The largest absolute Gasteiger partial charge is 0.384 e. The first-order valence-electron chi connectivity index (χ1n) is 4.20. The molecule has 0 bridgehead atoms. The lowest BCUT2D eigenvalue weighted by Gasteiger charge is -2.05. The average Bonchev–Trinajstić information content (AvgIpc) is 2.18. The topological polar surface area (TPSA) is 35.8 Å². The van der Waals surface area contributed by atoms with Crippen LogP contribution in [0.5, 0.6) is 0 Å². The summed E-state index contributed by atoms with van der Waals surface area (Å²) in [6.45, 7) is 0.798. The molecule has 4 heteroatoms. The highest BCUT2D eigenvalue weighted by Crippen LogP contribution is 2.13. The molecule has 0 atom stereocenters. The Morgan fingerprint density at radius 1 is 1.57 bits per heavy atom. The van der Waals surface area contributed by atoms with Crippen LogP contribution in [0.4, 0.5) is 10.1 Å². The summed E-state index contributed by atoms with van der Waals surface area (Å²) in [5.74, 6) is 0.503. The van der Waals surface area contributed by atoms with E-state index >= 15 is 0 Å². The van der Waals surface area contributed by atoms with Gasteiger partial charge in [0.15, 0.2) is 0 Å². The van der Waals surface area contributed by atoms with E-state index in [0.717, 1.165) is 18.0 Å². The highest BCUT2D eigenvalue weighted by Gasteiger charge is 2.01. The van der Waals surface area contributed by atoms with Gasteiger partial charge in [0.1, 0.15) is 11.9 Å². The van der Waals surface area contributed by atoms with Gasteiger partial charge < -0.3 is 5.32 Å². The summed E-state index contributed by atoms with van der Waals surface area (Å²) in [5.41, 5.74) is 0.802. The lowest BCUT2D eigenvalue weighted by atomic mass is 10.2. The van der Waals surface area contributed by atoms with E-state index in [1.54, 1.807) is 23.9 Å². The molecule has 0 amide bonds. The minimum absolute atomic E-state index is 0.0837. The van der Waals surface area contributed by atoms with Crippen molar-refractivity contribution in [3.8, 4) is 6.07 Å². The molecule has 1 aromatic carbocycles. The first-order valence-corrected chi connectivity index (χ1v) is 5.59.